The summed E-state index contributed by atoms with van der Waals surface area (Å²) in [7, 11) is 2.15. The molecule has 1 unspecified atom stereocenters. The number of piperazine rings is 1. The van der Waals surface area contributed by atoms with Gasteiger partial charge in [0.15, 0.2) is 0 Å². The van der Waals surface area contributed by atoms with Crippen molar-refractivity contribution in [2.75, 3.05) is 52.9 Å². The molecule has 2 heterocycles. The van der Waals surface area contributed by atoms with E-state index in [4.69, 9.17) is 0 Å². The minimum atomic E-state index is 0.348. The number of likely N-dealkylation sites (tertiary alicyclic amines) is 1. The van der Waals surface area contributed by atoms with Crippen LogP contribution in [0.2, 0.25) is 0 Å². The summed E-state index contributed by atoms with van der Waals surface area (Å²) < 4.78 is 0. The Morgan fingerprint density at radius 1 is 1.04 bits per heavy atom. The van der Waals surface area contributed by atoms with Crippen LogP contribution in [0.3, 0.4) is 0 Å². The number of carbonyl (C=O) groups excluding carboxylic acids is 1. The van der Waals surface area contributed by atoms with Gasteiger partial charge in [0.2, 0.25) is 5.91 Å². The van der Waals surface area contributed by atoms with E-state index in [1.807, 2.05) is 0 Å². The largest absolute Gasteiger partial charge is 0.340 e. The molecule has 4 nitrogen and oxygen atoms in total. The van der Waals surface area contributed by atoms with Crippen molar-refractivity contribution in [1.82, 2.24) is 14.7 Å². The molecule has 1 spiro atoms. The predicted octanol–water partition coefficient (Wildman–Crippen LogP) is 2.30. The van der Waals surface area contributed by atoms with Crippen molar-refractivity contribution >= 4 is 5.91 Å². The van der Waals surface area contributed by atoms with Gasteiger partial charge in [-0.05, 0) is 50.7 Å². The third kappa shape index (κ3) is 3.74. The number of hydrogen-bond donors (Lipinski definition) is 0. The van der Waals surface area contributed by atoms with Gasteiger partial charge in [-0.25, -0.2) is 0 Å². The summed E-state index contributed by atoms with van der Waals surface area (Å²) in [6.07, 6.45) is 6.25. The fourth-order valence-electron chi connectivity index (χ4n) is 4.59. The minimum absolute atomic E-state index is 0.348. The second kappa shape index (κ2) is 7.10. The minimum Gasteiger partial charge on any atom is -0.340 e. The summed E-state index contributed by atoms with van der Waals surface area (Å²) >= 11 is 0. The smallest absolute Gasteiger partial charge is 0.226 e. The molecule has 0 aromatic heterocycles. The van der Waals surface area contributed by atoms with E-state index in [0.717, 1.165) is 38.5 Å². The van der Waals surface area contributed by atoms with Gasteiger partial charge in [0, 0.05) is 38.6 Å². The van der Waals surface area contributed by atoms with Crippen LogP contribution in [0.4, 0.5) is 0 Å². The first-order valence-corrected chi connectivity index (χ1v) is 9.77. The number of nitrogens with zero attached hydrogens (tertiary/aromatic N) is 3. The Labute approximate surface area is 142 Å². The third-order valence-electron chi connectivity index (χ3n) is 6.83. The van der Waals surface area contributed by atoms with E-state index in [2.05, 4.69) is 35.6 Å². The number of carbonyl (C=O) groups is 1. The Hall–Kier alpha value is -0.610. The standard InChI is InChI=1S/C19H35N3O/c1-4-16(5-2)15-21-8-6-19(7-9-21)14-17(19)18(23)22-12-10-20(3)11-13-22/h16-17H,4-15H2,1-3H3. The Bertz CT molecular complexity index is 405. The molecule has 3 fully saturated rings. The summed E-state index contributed by atoms with van der Waals surface area (Å²) in [6.45, 7) is 12.2. The van der Waals surface area contributed by atoms with Gasteiger partial charge in [-0.2, -0.15) is 0 Å². The van der Waals surface area contributed by atoms with Gasteiger partial charge < -0.3 is 14.7 Å². The average molecular weight is 322 g/mol. The van der Waals surface area contributed by atoms with E-state index in [-0.39, 0.29) is 0 Å². The summed E-state index contributed by atoms with van der Waals surface area (Å²) in [4.78, 5) is 19.9. The molecule has 3 rings (SSSR count). The molecule has 0 N–H and O–H groups in total. The molecule has 0 radical (unpaired) electrons. The van der Waals surface area contributed by atoms with Crippen molar-refractivity contribution in [3.63, 3.8) is 0 Å². The zero-order valence-electron chi connectivity index (χ0n) is 15.4. The first-order valence-electron chi connectivity index (χ1n) is 9.77. The lowest BCUT2D eigenvalue weighted by Gasteiger charge is -2.36. The van der Waals surface area contributed by atoms with Crippen molar-refractivity contribution < 1.29 is 4.79 Å². The molecule has 23 heavy (non-hydrogen) atoms. The predicted molar refractivity (Wildman–Crippen MR) is 94.4 cm³/mol. The number of hydrogen-bond acceptors (Lipinski definition) is 3. The van der Waals surface area contributed by atoms with E-state index in [1.165, 1.54) is 45.3 Å². The fourth-order valence-corrected chi connectivity index (χ4v) is 4.59. The van der Waals surface area contributed by atoms with Crippen LogP contribution < -0.4 is 0 Å². The summed E-state index contributed by atoms with van der Waals surface area (Å²) in [6, 6.07) is 0. The van der Waals surface area contributed by atoms with E-state index in [9.17, 15) is 4.79 Å². The molecule has 0 bridgehead atoms. The van der Waals surface area contributed by atoms with Gasteiger partial charge in [0.1, 0.15) is 0 Å². The fraction of sp³-hybridized carbons (Fsp3) is 0.947. The summed E-state index contributed by atoms with van der Waals surface area (Å²) in [5.41, 5.74) is 0.380. The first kappa shape index (κ1) is 17.2. The highest BCUT2D eigenvalue weighted by molar-refractivity contribution is 5.82. The van der Waals surface area contributed by atoms with Crippen LogP contribution in [-0.4, -0.2) is 73.5 Å². The first-order chi connectivity index (χ1) is 11.1. The molecule has 4 heteroatoms. The molecule has 1 atom stereocenters. The van der Waals surface area contributed by atoms with Crippen molar-refractivity contribution in [2.24, 2.45) is 17.3 Å². The molecule has 2 aliphatic heterocycles. The molecule has 132 valence electrons. The van der Waals surface area contributed by atoms with Gasteiger partial charge in [0.05, 0.1) is 0 Å². The lowest BCUT2D eigenvalue weighted by atomic mass is 9.89. The van der Waals surface area contributed by atoms with Crippen molar-refractivity contribution in [3.05, 3.63) is 0 Å². The van der Waals surface area contributed by atoms with Gasteiger partial charge in [-0.3, -0.25) is 4.79 Å². The molecule has 2 saturated heterocycles. The zero-order chi connectivity index (χ0) is 16.4. The molecule has 0 aromatic rings. The highest BCUT2D eigenvalue weighted by Crippen LogP contribution is 2.60. The van der Waals surface area contributed by atoms with E-state index in [0.29, 0.717) is 17.2 Å². The second-order valence-electron chi connectivity index (χ2n) is 8.23. The highest BCUT2D eigenvalue weighted by Gasteiger charge is 2.59. The monoisotopic (exact) mass is 321 g/mol. The van der Waals surface area contributed by atoms with Gasteiger partial charge >= 0.3 is 0 Å². The topological polar surface area (TPSA) is 26.8 Å². The molecule has 1 saturated carbocycles. The van der Waals surface area contributed by atoms with Crippen LogP contribution in [0.5, 0.6) is 0 Å². The highest BCUT2D eigenvalue weighted by atomic mass is 16.2. The Morgan fingerprint density at radius 3 is 2.22 bits per heavy atom. The van der Waals surface area contributed by atoms with E-state index in [1.54, 1.807) is 0 Å². The van der Waals surface area contributed by atoms with Crippen molar-refractivity contribution in [1.29, 1.82) is 0 Å². The van der Waals surface area contributed by atoms with Crippen LogP contribution in [-0.2, 0) is 4.79 Å². The second-order valence-corrected chi connectivity index (χ2v) is 8.23. The van der Waals surface area contributed by atoms with Crippen LogP contribution in [0.15, 0.2) is 0 Å². The van der Waals surface area contributed by atoms with Crippen molar-refractivity contribution in [3.8, 4) is 0 Å². The van der Waals surface area contributed by atoms with Crippen LogP contribution in [0.25, 0.3) is 0 Å². The van der Waals surface area contributed by atoms with Crippen molar-refractivity contribution in [2.45, 2.75) is 46.0 Å². The summed E-state index contributed by atoms with van der Waals surface area (Å²) in [5, 5.41) is 0. The Morgan fingerprint density at radius 2 is 1.65 bits per heavy atom. The maximum absolute atomic E-state index is 12.8. The van der Waals surface area contributed by atoms with Crippen LogP contribution >= 0.6 is 0 Å². The van der Waals surface area contributed by atoms with Crippen LogP contribution in [0.1, 0.15) is 46.0 Å². The molecule has 0 aromatic carbocycles. The number of piperidine rings is 1. The molecular formula is C19H35N3O. The van der Waals surface area contributed by atoms with E-state index >= 15 is 0 Å². The van der Waals surface area contributed by atoms with Gasteiger partial charge in [-0.15, -0.1) is 0 Å². The van der Waals surface area contributed by atoms with Crippen LogP contribution in [0, 0.1) is 17.3 Å². The lowest BCUT2D eigenvalue weighted by molar-refractivity contribution is -0.135. The zero-order valence-corrected chi connectivity index (χ0v) is 15.4. The average Bonchev–Trinajstić information content (AvgIpc) is 3.28. The summed E-state index contributed by atoms with van der Waals surface area (Å²) in [5.74, 6) is 1.67. The Kier molecular flexibility index (Phi) is 5.32. The molecule has 1 amide bonds. The number of rotatable bonds is 5. The molecule has 1 aliphatic carbocycles. The van der Waals surface area contributed by atoms with E-state index < -0.39 is 0 Å². The third-order valence-corrected chi connectivity index (χ3v) is 6.83. The lowest BCUT2D eigenvalue weighted by Crippen LogP contribution is -2.48. The molecular weight excluding hydrogens is 286 g/mol. The Balaban J connectivity index is 1.46. The number of amides is 1. The molecule has 3 aliphatic rings. The number of likely N-dealkylation sites (N-methyl/N-ethyl adjacent to an activating group) is 1. The maximum atomic E-state index is 12.8. The SMILES string of the molecule is CCC(CC)CN1CCC2(CC1)CC2C(=O)N1CCN(C)CC1. The van der Waals surface area contributed by atoms with Gasteiger partial charge in [-0.1, -0.05) is 26.7 Å². The quantitative estimate of drug-likeness (QED) is 0.777. The normalized spacial score (nSPS) is 28.5. The maximum Gasteiger partial charge on any atom is 0.226 e. The van der Waals surface area contributed by atoms with Gasteiger partial charge in [0.25, 0.3) is 0 Å².